The summed E-state index contributed by atoms with van der Waals surface area (Å²) in [5.74, 6) is 3.07. The number of fused-ring (bicyclic) bond motifs is 16. The predicted octanol–water partition coefficient (Wildman–Crippen LogP) is 17.5. The van der Waals surface area contributed by atoms with Gasteiger partial charge < -0.3 is 13.8 Å². The van der Waals surface area contributed by atoms with E-state index < -0.39 is 0 Å². The van der Waals surface area contributed by atoms with Gasteiger partial charge in [0.1, 0.15) is 0 Å². The largest absolute Gasteiger partial charge is 0.353 e. The minimum absolute atomic E-state index is 0.202. The van der Waals surface area contributed by atoms with Gasteiger partial charge in [0.05, 0.1) is 49.7 Å². The Labute approximate surface area is 467 Å². The summed E-state index contributed by atoms with van der Waals surface area (Å²) in [7, 11) is 0. The lowest BCUT2D eigenvalue weighted by molar-refractivity contribution is 0.954. The van der Waals surface area contributed by atoms with Gasteiger partial charge in [-0.2, -0.15) is 19.9 Å². The number of aromatic amines is 1. The van der Waals surface area contributed by atoms with Crippen LogP contribution >= 0.6 is 11.6 Å². The number of halogens is 1. The molecule has 0 saturated carbocycles. The molecule has 81 heavy (non-hydrogen) atoms. The van der Waals surface area contributed by atoms with Crippen LogP contribution in [0.3, 0.4) is 0 Å². The van der Waals surface area contributed by atoms with Gasteiger partial charge in [0, 0.05) is 70.9 Å². The number of para-hydroxylation sites is 2. The van der Waals surface area contributed by atoms with E-state index in [0.717, 1.165) is 38.8 Å². The summed E-state index contributed by atoms with van der Waals surface area (Å²) in [5.41, 5.74) is 15.8. The maximum atomic E-state index is 5.99. The molecule has 0 saturated heterocycles. The number of aromatic nitrogens is 10. The molecule has 10 aromatic heterocycles. The minimum Gasteiger partial charge on any atom is -0.353 e. The van der Waals surface area contributed by atoms with Gasteiger partial charge in [-0.25, -0.2) is 9.97 Å². The van der Waals surface area contributed by atoms with E-state index >= 15 is 0 Å². The zero-order chi connectivity index (χ0) is 53.5. The first kappa shape index (κ1) is 46.3. The fourth-order valence-electron chi connectivity index (χ4n) is 12.1. The van der Waals surface area contributed by atoms with Crippen LogP contribution in [0.1, 0.15) is 0 Å². The Morgan fingerprint density at radius 2 is 0.667 bits per heavy atom. The van der Waals surface area contributed by atoms with Crippen molar-refractivity contribution in [3.05, 3.63) is 260 Å². The monoisotopic (exact) mass is 1060 g/mol. The Hall–Kier alpha value is -10.8. The van der Waals surface area contributed by atoms with Crippen LogP contribution in [0.4, 0.5) is 0 Å². The van der Waals surface area contributed by atoms with Crippen molar-refractivity contribution in [2.24, 2.45) is 0 Å². The highest BCUT2D eigenvalue weighted by Crippen LogP contribution is 2.45. The van der Waals surface area contributed by atoms with E-state index in [1.165, 1.54) is 81.7 Å². The molecule has 0 atom stereocenters. The molecule has 18 rings (SSSR count). The second-order valence-corrected chi connectivity index (χ2v) is 20.4. The van der Waals surface area contributed by atoms with Crippen LogP contribution < -0.4 is 0 Å². The lowest BCUT2D eigenvalue weighted by Crippen LogP contribution is -2.06. The standard InChI is InChI=1S/C35H21N5.C20H12N2.C15H10ClN3/c1-3-12-22(13-4-1)33-36-34(23-14-5-2-6-15-23)38-35(37-33)40-28-19-10-9-18-26(28)30-31-25-17-8-7-16-24(25)27-20-11-21-29(32(30)40)39(27)31;1-2-7-13-12(6-1)16-10-5-11-17-19-18(20(13)22(16)17)14-8-3-4-9-15(14)21-19;16-15-18-13(11-7-3-1-4-8-11)17-14(19-15)12-9-5-2-6-10-12/h1-21H;1-11,21H;1-10H. The molecule has 0 aliphatic heterocycles. The highest BCUT2D eigenvalue weighted by Gasteiger charge is 2.26. The molecule has 11 heteroatoms. The van der Waals surface area contributed by atoms with Crippen molar-refractivity contribution in [3.8, 4) is 51.5 Å². The second-order valence-electron chi connectivity index (χ2n) is 20.0. The molecule has 10 nitrogen and oxygen atoms in total. The van der Waals surface area contributed by atoms with Crippen molar-refractivity contribution in [1.82, 2.24) is 48.3 Å². The van der Waals surface area contributed by atoms with Crippen molar-refractivity contribution in [3.63, 3.8) is 0 Å². The van der Waals surface area contributed by atoms with Crippen molar-refractivity contribution < 1.29 is 0 Å². The van der Waals surface area contributed by atoms with Crippen molar-refractivity contribution in [1.29, 1.82) is 0 Å². The van der Waals surface area contributed by atoms with E-state index in [0.29, 0.717) is 29.2 Å². The first-order valence-corrected chi connectivity index (χ1v) is 27.2. The fourth-order valence-corrected chi connectivity index (χ4v) is 12.2. The summed E-state index contributed by atoms with van der Waals surface area (Å²) in [6, 6.07) is 87.4. The fraction of sp³-hybridized carbons (Fsp3) is 0. The third kappa shape index (κ3) is 7.42. The molecule has 0 amide bonds. The van der Waals surface area contributed by atoms with Crippen LogP contribution in [0.25, 0.3) is 150 Å². The summed E-state index contributed by atoms with van der Waals surface area (Å²) < 4.78 is 7.02. The van der Waals surface area contributed by atoms with Gasteiger partial charge in [-0.3, -0.25) is 4.57 Å². The van der Waals surface area contributed by atoms with Gasteiger partial charge in [-0.15, -0.1) is 0 Å². The molecule has 10 heterocycles. The third-order valence-corrected chi connectivity index (χ3v) is 15.6. The number of H-pyrrole nitrogens is 1. The van der Waals surface area contributed by atoms with E-state index in [1.807, 2.05) is 121 Å². The smallest absolute Gasteiger partial charge is 0.238 e. The Balaban J connectivity index is 0.000000111. The number of rotatable bonds is 5. The molecule has 1 N–H and O–H groups in total. The molecule has 0 spiro atoms. The zero-order valence-electron chi connectivity index (χ0n) is 43.2. The SMILES string of the molecule is Clc1nc(-c2ccccc2)nc(-c2ccccc2)n1.c1ccc(-c2nc(-c3ccccc3)nc(-n3c4ccccc4c4c3c3cccc5c6ccccc6c4n53)n2)cc1.c1ccc2c(c1)[nH]c1c2c2c3ccccc3c3cccc1n32. The quantitative estimate of drug-likeness (QED) is 0.184. The number of hydrogen-bond donors (Lipinski definition) is 1. The summed E-state index contributed by atoms with van der Waals surface area (Å²) in [4.78, 5) is 31.6. The molecule has 8 aromatic carbocycles. The maximum Gasteiger partial charge on any atom is 0.238 e. The van der Waals surface area contributed by atoms with E-state index in [4.69, 9.17) is 26.6 Å². The highest BCUT2D eigenvalue weighted by atomic mass is 35.5. The number of nitrogens with zero attached hydrogens (tertiary/aromatic N) is 9. The van der Waals surface area contributed by atoms with Crippen LogP contribution in [-0.2, 0) is 0 Å². The van der Waals surface area contributed by atoms with Crippen molar-refractivity contribution in [2.75, 3.05) is 0 Å². The van der Waals surface area contributed by atoms with Crippen LogP contribution in [-0.4, -0.2) is 48.3 Å². The van der Waals surface area contributed by atoms with Crippen LogP contribution in [0.5, 0.6) is 0 Å². The molecule has 0 unspecified atom stereocenters. The molecule has 18 aromatic rings. The zero-order valence-corrected chi connectivity index (χ0v) is 43.9. The van der Waals surface area contributed by atoms with Gasteiger partial charge in [-0.05, 0) is 48.0 Å². The van der Waals surface area contributed by atoms with E-state index in [9.17, 15) is 0 Å². The van der Waals surface area contributed by atoms with E-state index in [-0.39, 0.29) is 5.28 Å². The van der Waals surface area contributed by atoms with Gasteiger partial charge in [0.15, 0.2) is 23.3 Å². The molecular weight excluding hydrogens is 1020 g/mol. The Bertz CT molecular complexity index is 5250. The first-order chi connectivity index (χ1) is 40.1. The number of benzene rings is 8. The van der Waals surface area contributed by atoms with Crippen molar-refractivity contribution in [2.45, 2.75) is 0 Å². The maximum absolute atomic E-state index is 5.99. The Morgan fingerprint density at radius 3 is 1.20 bits per heavy atom. The second kappa shape index (κ2) is 18.7. The molecule has 0 aliphatic rings. The lowest BCUT2D eigenvalue weighted by Gasteiger charge is -2.11. The molecular formula is C70H43ClN10. The summed E-state index contributed by atoms with van der Waals surface area (Å²) in [5, 5.41) is 10.4. The molecule has 0 aliphatic carbocycles. The lowest BCUT2D eigenvalue weighted by atomic mass is 10.1. The molecule has 0 fully saturated rings. The highest BCUT2D eigenvalue weighted by molar-refractivity contribution is 6.31. The molecule has 0 bridgehead atoms. The normalized spacial score (nSPS) is 11.8. The van der Waals surface area contributed by atoms with Gasteiger partial charge >= 0.3 is 0 Å². The summed E-state index contributed by atoms with van der Waals surface area (Å²) >= 11 is 5.99. The summed E-state index contributed by atoms with van der Waals surface area (Å²) in [6.45, 7) is 0. The Kier molecular flexibility index (Phi) is 10.7. The molecule has 0 radical (unpaired) electrons. The van der Waals surface area contributed by atoms with Gasteiger partial charge in [0.2, 0.25) is 11.2 Å². The topological polar surface area (TPSA) is 107 Å². The van der Waals surface area contributed by atoms with Gasteiger partial charge in [0.25, 0.3) is 0 Å². The third-order valence-electron chi connectivity index (χ3n) is 15.5. The van der Waals surface area contributed by atoms with Crippen molar-refractivity contribution >= 4 is 110 Å². The molecule has 380 valence electrons. The van der Waals surface area contributed by atoms with Gasteiger partial charge in [-0.1, -0.05) is 218 Å². The number of pyridine rings is 2. The summed E-state index contributed by atoms with van der Waals surface area (Å²) in [6.07, 6.45) is 0. The average molecular weight is 1060 g/mol. The first-order valence-electron chi connectivity index (χ1n) is 26.8. The van der Waals surface area contributed by atoms with E-state index in [1.54, 1.807) is 0 Å². The van der Waals surface area contributed by atoms with E-state index in [2.05, 4.69) is 167 Å². The minimum atomic E-state index is 0.202. The number of nitrogens with one attached hydrogen (secondary N) is 1. The Morgan fingerprint density at radius 1 is 0.284 bits per heavy atom. The predicted molar refractivity (Wildman–Crippen MR) is 331 cm³/mol. The van der Waals surface area contributed by atoms with Crippen LogP contribution in [0.2, 0.25) is 5.28 Å². The average Bonchev–Trinajstić information content (AvgIpc) is 2.73. The number of hydrogen-bond acceptors (Lipinski definition) is 6. The van der Waals surface area contributed by atoms with Crippen LogP contribution in [0, 0.1) is 0 Å². The van der Waals surface area contributed by atoms with Crippen LogP contribution in [0.15, 0.2) is 255 Å².